The van der Waals surface area contributed by atoms with Gasteiger partial charge in [-0.15, -0.1) is 0 Å². The Balaban J connectivity index is 2.56. The third-order valence-corrected chi connectivity index (χ3v) is 6.10. The normalized spacial score (nSPS) is 24.0. The van der Waals surface area contributed by atoms with Crippen LogP contribution in [-0.4, -0.2) is 35.9 Å². The van der Waals surface area contributed by atoms with Gasteiger partial charge in [-0.05, 0) is 38.3 Å². The van der Waals surface area contributed by atoms with Crippen LogP contribution in [0, 0.1) is 5.82 Å². The van der Waals surface area contributed by atoms with E-state index in [1.54, 1.807) is 0 Å². The van der Waals surface area contributed by atoms with E-state index in [-0.39, 0.29) is 18.0 Å². The molecule has 1 aliphatic heterocycles. The summed E-state index contributed by atoms with van der Waals surface area (Å²) in [6.45, 7) is 1.38. The molecule has 1 unspecified atom stereocenters. The van der Waals surface area contributed by atoms with Crippen molar-refractivity contribution in [2.24, 2.45) is 0 Å². The molecule has 0 saturated carbocycles. The van der Waals surface area contributed by atoms with Gasteiger partial charge in [0, 0.05) is 6.54 Å². The smallest absolute Gasteiger partial charge is 0.324 e. The number of nitrogens with zero attached hydrogens (tertiary/aromatic N) is 1. The van der Waals surface area contributed by atoms with Gasteiger partial charge >= 0.3 is 5.97 Å². The molecule has 0 bridgehead atoms. The summed E-state index contributed by atoms with van der Waals surface area (Å²) in [6.07, 6.45) is 1.32. The number of carboxylic acids is 1. The molecule has 0 radical (unpaired) electrons. The van der Waals surface area contributed by atoms with E-state index < -0.39 is 32.2 Å². The first-order valence-electron chi connectivity index (χ1n) is 6.41. The van der Waals surface area contributed by atoms with Gasteiger partial charge in [-0.3, -0.25) is 4.79 Å². The molecular formula is C13H15ClFNO4S. The number of sulfonamides is 1. The molecule has 2 rings (SSSR count). The molecular weight excluding hydrogens is 321 g/mol. The van der Waals surface area contributed by atoms with Crippen LogP contribution in [0.25, 0.3) is 0 Å². The van der Waals surface area contributed by atoms with Crippen molar-refractivity contribution in [3.63, 3.8) is 0 Å². The summed E-state index contributed by atoms with van der Waals surface area (Å²) in [6, 6.07) is 3.65. The Bertz CT molecular complexity index is 679. The lowest BCUT2D eigenvalue weighted by Crippen LogP contribution is -2.57. The van der Waals surface area contributed by atoms with Crippen LogP contribution < -0.4 is 0 Å². The fourth-order valence-corrected chi connectivity index (χ4v) is 4.62. The molecule has 8 heteroatoms. The van der Waals surface area contributed by atoms with E-state index in [9.17, 15) is 22.7 Å². The molecule has 5 nitrogen and oxygen atoms in total. The van der Waals surface area contributed by atoms with E-state index in [0.717, 1.165) is 10.4 Å². The zero-order chi connectivity index (χ0) is 15.8. The Kier molecular flexibility index (Phi) is 4.28. The maximum atomic E-state index is 14.0. The van der Waals surface area contributed by atoms with Crippen LogP contribution in [0.3, 0.4) is 0 Å². The van der Waals surface area contributed by atoms with E-state index in [0.29, 0.717) is 12.8 Å². The van der Waals surface area contributed by atoms with E-state index in [4.69, 9.17) is 11.6 Å². The summed E-state index contributed by atoms with van der Waals surface area (Å²) >= 11 is 5.62. The molecule has 1 aromatic rings. The summed E-state index contributed by atoms with van der Waals surface area (Å²) in [4.78, 5) is 10.9. The minimum atomic E-state index is -4.27. The molecule has 1 saturated heterocycles. The molecule has 0 spiro atoms. The minimum absolute atomic E-state index is 0.0388. The van der Waals surface area contributed by atoms with Crippen LogP contribution in [-0.2, 0) is 14.8 Å². The SMILES string of the molecule is CC1(C(=O)O)CCCCN1S(=O)(=O)c1cccc(Cl)c1F. The highest BCUT2D eigenvalue weighted by molar-refractivity contribution is 7.89. The topological polar surface area (TPSA) is 74.7 Å². The van der Waals surface area contributed by atoms with E-state index in [1.807, 2.05) is 0 Å². The lowest BCUT2D eigenvalue weighted by molar-refractivity contribution is -0.149. The largest absolute Gasteiger partial charge is 0.480 e. The number of hydrogen-bond donors (Lipinski definition) is 1. The van der Waals surface area contributed by atoms with Gasteiger partial charge in [0.2, 0.25) is 10.0 Å². The maximum absolute atomic E-state index is 14.0. The molecule has 1 N–H and O–H groups in total. The van der Waals surface area contributed by atoms with E-state index in [1.165, 1.54) is 19.1 Å². The van der Waals surface area contributed by atoms with Crippen LogP contribution >= 0.6 is 11.6 Å². The summed E-state index contributed by atoms with van der Waals surface area (Å²) < 4.78 is 40.2. The minimum Gasteiger partial charge on any atom is -0.480 e. The molecule has 0 aliphatic carbocycles. The maximum Gasteiger partial charge on any atom is 0.324 e. The van der Waals surface area contributed by atoms with E-state index in [2.05, 4.69) is 0 Å². The molecule has 116 valence electrons. The van der Waals surface area contributed by atoms with Gasteiger partial charge in [-0.25, -0.2) is 12.8 Å². The molecule has 21 heavy (non-hydrogen) atoms. The highest BCUT2D eigenvalue weighted by Gasteiger charge is 2.48. The first-order valence-corrected chi connectivity index (χ1v) is 8.23. The Morgan fingerprint density at radius 2 is 2.10 bits per heavy atom. The fourth-order valence-electron chi connectivity index (χ4n) is 2.50. The van der Waals surface area contributed by atoms with Crippen molar-refractivity contribution in [2.45, 2.75) is 36.6 Å². The monoisotopic (exact) mass is 335 g/mol. The second-order valence-corrected chi connectivity index (χ2v) is 7.40. The molecule has 1 fully saturated rings. The number of piperidine rings is 1. The second kappa shape index (κ2) is 5.55. The van der Waals surface area contributed by atoms with Gasteiger partial charge in [0.25, 0.3) is 0 Å². The van der Waals surface area contributed by atoms with Gasteiger partial charge in [0.05, 0.1) is 5.02 Å². The number of hydrogen-bond acceptors (Lipinski definition) is 3. The quantitative estimate of drug-likeness (QED) is 0.921. The Hall–Kier alpha value is -1.18. The number of aliphatic carboxylic acids is 1. The first-order chi connectivity index (χ1) is 9.71. The highest BCUT2D eigenvalue weighted by atomic mass is 35.5. The van der Waals surface area contributed by atoms with Gasteiger partial charge in [-0.1, -0.05) is 17.7 Å². The fraction of sp³-hybridized carbons (Fsp3) is 0.462. The van der Waals surface area contributed by atoms with Crippen molar-refractivity contribution in [3.8, 4) is 0 Å². The molecule has 1 atom stereocenters. The Morgan fingerprint density at radius 1 is 1.43 bits per heavy atom. The van der Waals surface area contributed by atoms with Crippen molar-refractivity contribution < 1.29 is 22.7 Å². The van der Waals surface area contributed by atoms with Gasteiger partial charge in [0.1, 0.15) is 10.4 Å². The average Bonchev–Trinajstić information content (AvgIpc) is 2.41. The van der Waals surface area contributed by atoms with Crippen LogP contribution in [0.2, 0.25) is 5.02 Å². The van der Waals surface area contributed by atoms with Gasteiger partial charge in [0.15, 0.2) is 5.82 Å². The van der Waals surface area contributed by atoms with Crippen LogP contribution in [0.1, 0.15) is 26.2 Å². The molecule has 0 aromatic heterocycles. The standard InChI is InChI=1S/C13H15ClFNO4S/c1-13(12(17)18)7-2-3-8-16(13)21(19,20)10-6-4-5-9(14)11(10)15/h4-6H,2-3,7-8H2,1H3,(H,17,18). The summed E-state index contributed by atoms with van der Waals surface area (Å²) in [7, 11) is -4.27. The third-order valence-electron chi connectivity index (χ3n) is 3.77. The molecule has 1 aliphatic rings. The number of carbonyl (C=O) groups is 1. The molecule has 0 amide bonds. The second-order valence-electron chi connectivity index (χ2n) is 5.17. The zero-order valence-corrected chi connectivity index (χ0v) is 12.9. The van der Waals surface area contributed by atoms with E-state index >= 15 is 0 Å². The van der Waals surface area contributed by atoms with Crippen LogP contribution in [0.5, 0.6) is 0 Å². The van der Waals surface area contributed by atoms with Crippen molar-refractivity contribution in [1.82, 2.24) is 4.31 Å². The third kappa shape index (κ3) is 2.65. The van der Waals surface area contributed by atoms with Crippen molar-refractivity contribution in [1.29, 1.82) is 0 Å². The number of halogens is 2. The number of rotatable bonds is 3. The van der Waals surface area contributed by atoms with Crippen molar-refractivity contribution >= 4 is 27.6 Å². The van der Waals surface area contributed by atoms with Crippen LogP contribution in [0.4, 0.5) is 4.39 Å². The van der Waals surface area contributed by atoms with Crippen molar-refractivity contribution in [3.05, 3.63) is 29.0 Å². The molecule has 1 heterocycles. The number of carboxylic acid groups (broad SMARTS) is 1. The summed E-state index contributed by atoms with van der Waals surface area (Å²) in [5, 5.41) is 9.06. The van der Waals surface area contributed by atoms with Gasteiger partial charge in [-0.2, -0.15) is 4.31 Å². The summed E-state index contributed by atoms with van der Waals surface area (Å²) in [5.74, 6) is -2.30. The highest BCUT2D eigenvalue weighted by Crippen LogP contribution is 2.35. The van der Waals surface area contributed by atoms with Crippen LogP contribution in [0.15, 0.2) is 23.1 Å². The Labute approximate surface area is 127 Å². The number of benzene rings is 1. The predicted molar refractivity (Wildman–Crippen MR) is 75.2 cm³/mol. The Morgan fingerprint density at radius 3 is 2.71 bits per heavy atom. The van der Waals surface area contributed by atoms with Crippen molar-refractivity contribution in [2.75, 3.05) is 6.54 Å². The summed E-state index contributed by atoms with van der Waals surface area (Å²) in [5.41, 5.74) is -1.58. The first kappa shape index (κ1) is 16.2. The lowest BCUT2D eigenvalue weighted by atomic mass is 9.91. The average molecular weight is 336 g/mol. The predicted octanol–water partition coefficient (Wildman–Crippen LogP) is 2.50. The zero-order valence-electron chi connectivity index (χ0n) is 11.3. The lowest BCUT2D eigenvalue weighted by Gasteiger charge is -2.40. The molecule has 1 aromatic carbocycles. The van der Waals surface area contributed by atoms with Gasteiger partial charge < -0.3 is 5.11 Å².